The summed E-state index contributed by atoms with van der Waals surface area (Å²) in [6, 6.07) is 9.16. The summed E-state index contributed by atoms with van der Waals surface area (Å²) in [6.45, 7) is 1.88. The van der Waals surface area contributed by atoms with Crippen LogP contribution in [0.2, 0.25) is 5.02 Å². The average Bonchev–Trinajstić information content (AvgIpc) is 3.24. The molecule has 1 aromatic carbocycles. The quantitative estimate of drug-likeness (QED) is 0.358. The third kappa shape index (κ3) is 3.18. The Morgan fingerprint density at radius 3 is 2.92 bits per heavy atom. The number of fused-ring (bicyclic) bond motifs is 1. The zero-order chi connectivity index (χ0) is 18.3. The van der Waals surface area contributed by atoms with Crippen LogP contribution in [0, 0.1) is 6.92 Å². The van der Waals surface area contributed by atoms with Gasteiger partial charge in [-0.15, -0.1) is 21.5 Å². The van der Waals surface area contributed by atoms with Crippen LogP contribution in [0.5, 0.6) is 0 Å². The summed E-state index contributed by atoms with van der Waals surface area (Å²) in [5.41, 5.74) is 1.92. The van der Waals surface area contributed by atoms with Gasteiger partial charge in [0.15, 0.2) is 11.0 Å². The molecule has 0 aliphatic carbocycles. The highest BCUT2D eigenvalue weighted by atomic mass is 35.5. The first-order valence-electron chi connectivity index (χ1n) is 7.82. The monoisotopic (exact) mass is 403 g/mol. The number of aryl methyl sites for hydroxylation is 1. The Morgan fingerprint density at radius 1 is 1.31 bits per heavy atom. The van der Waals surface area contributed by atoms with E-state index in [0.29, 0.717) is 16.4 Å². The summed E-state index contributed by atoms with van der Waals surface area (Å²) in [4.78, 5) is 13.0. The second-order valence-electron chi connectivity index (χ2n) is 5.82. The molecule has 0 spiro atoms. The molecule has 5 nitrogen and oxygen atoms in total. The van der Waals surface area contributed by atoms with Gasteiger partial charge in [0.1, 0.15) is 5.58 Å². The molecule has 0 radical (unpaired) electrons. The number of benzene rings is 1. The number of nitrogens with zero attached hydrogens (tertiary/aromatic N) is 3. The average molecular weight is 404 g/mol. The van der Waals surface area contributed by atoms with Gasteiger partial charge >= 0.3 is 5.63 Å². The van der Waals surface area contributed by atoms with Crippen molar-refractivity contribution in [2.75, 3.05) is 0 Å². The maximum Gasteiger partial charge on any atom is 0.336 e. The fourth-order valence-corrected chi connectivity index (χ4v) is 4.48. The van der Waals surface area contributed by atoms with Gasteiger partial charge in [-0.05, 0) is 41.6 Å². The van der Waals surface area contributed by atoms with Gasteiger partial charge < -0.3 is 8.98 Å². The molecule has 132 valence electrons. The molecule has 0 bridgehead atoms. The Morgan fingerprint density at radius 2 is 2.15 bits per heavy atom. The van der Waals surface area contributed by atoms with Crippen molar-refractivity contribution >= 4 is 45.7 Å². The molecule has 8 heteroatoms. The Hall–Kier alpha value is -2.09. The van der Waals surface area contributed by atoms with Crippen LogP contribution in [-0.2, 0) is 12.8 Å². The number of thioether (sulfide) groups is 1. The second-order valence-corrected chi connectivity index (χ2v) is 8.12. The van der Waals surface area contributed by atoms with Crippen molar-refractivity contribution in [2.45, 2.75) is 17.8 Å². The van der Waals surface area contributed by atoms with Crippen LogP contribution >= 0.6 is 34.7 Å². The Balaban J connectivity index is 1.67. The summed E-state index contributed by atoms with van der Waals surface area (Å²) in [7, 11) is 1.94. The summed E-state index contributed by atoms with van der Waals surface area (Å²) in [6.07, 6.45) is 0. The molecule has 3 aromatic heterocycles. The van der Waals surface area contributed by atoms with Gasteiger partial charge in [0.25, 0.3) is 0 Å². The highest BCUT2D eigenvalue weighted by molar-refractivity contribution is 7.98. The van der Waals surface area contributed by atoms with Crippen molar-refractivity contribution < 1.29 is 4.42 Å². The van der Waals surface area contributed by atoms with Crippen molar-refractivity contribution in [2.24, 2.45) is 7.05 Å². The van der Waals surface area contributed by atoms with Crippen LogP contribution < -0.4 is 5.63 Å². The van der Waals surface area contributed by atoms with E-state index < -0.39 is 0 Å². The number of hydrogen-bond donors (Lipinski definition) is 0. The largest absolute Gasteiger partial charge is 0.423 e. The lowest BCUT2D eigenvalue weighted by atomic mass is 10.1. The van der Waals surface area contributed by atoms with E-state index >= 15 is 0 Å². The first-order chi connectivity index (χ1) is 12.5. The molecular weight excluding hydrogens is 390 g/mol. The van der Waals surface area contributed by atoms with Gasteiger partial charge in [0, 0.05) is 29.3 Å². The van der Waals surface area contributed by atoms with Gasteiger partial charge in [-0.2, -0.15) is 0 Å². The van der Waals surface area contributed by atoms with Crippen molar-refractivity contribution in [3.05, 3.63) is 62.3 Å². The fraction of sp³-hybridized carbons (Fsp3) is 0.167. The van der Waals surface area contributed by atoms with Gasteiger partial charge in [-0.3, -0.25) is 0 Å². The van der Waals surface area contributed by atoms with Crippen molar-refractivity contribution in [3.8, 4) is 10.7 Å². The van der Waals surface area contributed by atoms with E-state index in [9.17, 15) is 4.79 Å². The second kappa shape index (κ2) is 6.90. The molecule has 0 saturated heterocycles. The van der Waals surface area contributed by atoms with E-state index in [1.54, 1.807) is 17.4 Å². The molecule has 26 heavy (non-hydrogen) atoms. The van der Waals surface area contributed by atoms with E-state index in [1.165, 1.54) is 17.8 Å². The van der Waals surface area contributed by atoms with Crippen molar-refractivity contribution in [1.29, 1.82) is 0 Å². The Kier molecular flexibility index (Phi) is 4.60. The van der Waals surface area contributed by atoms with Crippen molar-refractivity contribution in [1.82, 2.24) is 14.8 Å². The minimum absolute atomic E-state index is 0.368. The van der Waals surface area contributed by atoms with Gasteiger partial charge in [-0.25, -0.2) is 4.79 Å². The van der Waals surface area contributed by atoms with E-state index in [1.807, 2.05) is 42.1 Å². The van der Waals surface area contributed by atoms with Gasteiger partial charge in [0.2, 0.25) is 0 Å². The van der Waals surface area contributed by atoms with Crippen LogP contribution in [0.15, 0.2) is 50.1 Å². The van der Waals surface area contributed by atoms with Crippen LogP contribution in [0.4, 0.5) is 0 Å². The molecule has 0 saturated carbocycles. The van der Waals surface area contributed by atoms with Crippen LogP contribution in [0.3, 0.4) is 0 Å². The van der Waals surface area contributed by atoms with E-state index in [-0.39, 0.29) is 5.63 Å². The third-order valence-corrected chi connectivity index (χ3v) is 6.38. The van der Waals surface area contributed by atoms with Crippen LogP contribution in [0.1, 0.15) is 11.1 Å². The lowest BCUT2D eigenvalue weighted by Gasteiger charge is -2.07. The predicted molar refractivity (Wildman–Crippen MR) is 106 cm³/mol. The molecular formula is C18H14ClN3O2S2. The zero-order valence-electron chi connectivity index (χ0n) is 14.0. The van der Waals surface area contributed by atoms with Crippen LogP contribution in [-0.4, -0.2) is 14.8 Å². The normalized spacial score (nSPS) is 11.3. The number of thiophene rings is 1. The summed E-state index contributed by atoms with van der Waals surface area (Å²) >= 11 is 9.40. The minimum Gasteiger partial charge on any atom is -0.423 e. The summed E-state index contributed by atoms with van der Waals surface area (Å²) in [5.74, 6) is 1.40. The zero-order valence-corrected chi connectivity index (χ0v) is 16.4. The molecule has 0 amide bonds. The number of halogens is 1. The first kappa shape index (κ1) is 17.3. The van der Waals surface area contributed by atoms with Gasteiger partial charge in [-0.1, -0.05) is 29.4 Å². The van der Waals surface area contributed by atoms with E-state index in [4.69, 9.17) is 16.0 Å². The SMILES string of the molecule is Cc1cc2oc(=O)cc(CSc3nnc(-c4cccs4)n3C)c2cc1Cl. The van der Waals surface area contributed by atoms with Crippen LogP contribution in [0.25, 0.3) is 21.7 Å². The fourth-order valence-electron chi connectivity index (χ4n) is 2.67. The topological polar surface area (TPSA) is 60.9 Å². The minimum atomic E-state index is -0.368. The molecule has 0 aliphatic rings. The van der Waals surface area contributed by atoms with E-state index in [0.717, 1.165) is 32.4 Å². The number of hydrogen-bond acceptors (Lipinski definition) is 6. The maximum absolute atomic E-state index is 11.9. The smallest absolute Gasteiger partial charge is 0.336 e. The molecule has 4 rings (SSSR count). The highest BCUT2D eigenvalue weighted by Gasteiger charge is 2.14. The van der Waals surface area contributed by atoms with Gasteiger partial charge in [0.05, 0.1) is 4.88 Å². The lowest BCUT2D eigenvalue weighted by molar-refractivity contribution is 0.559. The lowest BCUT2D eigenvalue weighted by Crippen LogP contribution is -2.01. The van der Waals surface area contributed by atoms with E-state index in [2.05, 4.69) is 10.2 Å². The molecule has 3 heterocycles. The molecule has 0 aliphatic heterocycles. The highest BCUT2D eigenvalue weighted by Crippen LogP contribution is 2.31. The molecule has 0 unspecified atom stereocenters. The number of rotatable bonds is 4. The van der Waals surface area contributed by atoms with Crippen molar-refractivity contribution in [3.63, 3.8) is 0 Å². The summed E-state index contributed by atoms with van der Waals surface area (Å²) in [5, 5.41) is 12.8. The molecule has 0 fully saturated rings. The predicted octanol–water partition coefficient (Wildman–Crippen LogP) is 4.90. The Bertz CT molecular complexity index is 1150. The molecule has 0 atom stereocenters. The summed E-state index contributed by atoms with van der Waals surface area (Å²) < 4.78 is 7.27. The maximum atomic E-state index is 11.9. The number of aromatic nitrogens is 3. The Labute approximate surface area is 162 Å². The standard InChI is InChI=1S/C18H14ClN3O2S2/c1-10-6-14-12(8-13(10)19)11(7-16(23)24-14)9-26-18-21-20-17(22(18)2)15-4-3-5-25-15/h3-8H,9H2,1-2H3. The first-order valence-corrected chi connectivity index (χ1v) is 10.1. The third-order valence-electron chi connectivity index (χ3n) is 4.04. The molecule has 0 N–H and O–H groups in total. The molecule has 4 aromatic rings.